The van der Waals surface area contributed by atoms with Crippen LogP contribution in [0.5, 0.6) is 0 Å². The molecular weight excluding hydrogens is 200 g/mol. The molecule has 82 valence electrons. The first-order chi connectivity index (χ1) is 7.15. The average molecular weight is 212 g/mol. The zero-order chi connectivity index (χ0) is 11.3. The minimum Gasteiger partial charge on any atom is -0.465 e. The maximum atomic E-state index is 11.3. The third kappa shape index (κ3) is 3.12. The van der Waals surface area contributed by atoms with Gasteiger partial charge in [0.05, 0.1) is 12.9 Å². The van der Waals surface area contributed by atoms with E-state index in [1.807, 2.05) is 0 Å². The zero-order valence-corrected chi connectivity index (χ0v) is 8.61. The van der Waals surface area contributed by atoms with Gasteiger partial charge in [-0.2, -0.15) is 0 Å². The van der Waals surface area contributed by atoms with Gasteiger partial charge in [0, 0.05) is 6.92 Å². The Morgan fingerprint density at radius 1 is 1.40 bits per heavy atom. The van der Waals surface area contributed by atoms with Gasteiger partial charge in [0.2, 0.25) is 0 Å². The number of furan rings is 1. The summed E-state index contributed by atoms with van der Waals surface area (Å²) in [7, 11) is 0. The highest BCUT2D eigenvalue weighted by Gasteiger charge is 2.16. The maximum Gasteiger partial charge on any atom is 0.341 e. The molecule has 0 aromatic carbocycles. The standard InChI is InChI=1S/C10H12O5/c1-3-13-10(12)8-4-5-14-9(8)6-15-7(2)11/h4-5H,3,6H2,1-2H3. The second-order valence-corrected chi connectivity index (χ2v) is 2.76. The first-order valence-electron chi connectivity index (χ1n) is 4.52. The molecule has 0 amide bonds. The molecule has 0 radical (unpaired) electrons. The summed E-state index contributed by atoms with van der Waals surface area (Å²) >= 11 is 0. The minimum absolute atomic E-state index is 0.0590. The summed E-state index contributed by atoms with van der Waals surface area (Å²) in [6, 6.07) is 1.48. The fraction of sp³-hybridized carbons (Fsp3) is 0.400. The fourth-order valence-corrected chi connectivity index (χ4v) is 1.01. The predicted molar refractivity (Wildman–Crippen MR) is 50.1 cm³/mol. The SMILES string of the molecule is CCOC(=O)c1ccoc1COC(C)=O. The molecule has 0 bridgehead atoms. The molecule has 5 heteroatoms. The van der Waals surface area contributed by atoms with Gasteiger partial charge in [-0.25, -0.2) is 4.79 Å². The molecule has 15 heavy (non-hydrogen) atoms. The van der Waals surface area contributed by atoms with Crippen LogP contribution in [0.2, 0.25) is 0 Å². The van der Waals surface area contributed by atoms with Crippen molar-refractivity contribution in [2.45, 2.75) is 20.5 Å². The van der Waals surface area contributed by atoms with E-state index in [-0.39, 0.29) is 18.8 Å². The monoisotopic (exact) mass is 212 g/mol. The van der Waals surface area contributed by atoms with Crippen molar-refractivity contribution in [2.24, 2.45) is 0 Å². The smallest absolute Gasteiger partial charge is 0.341 e. The molecule has 0 saturated carbocycles. The van der Waals surface area contributed by atoms with Crippen LogP contribution in [0.25, 0.3) is 0 Å². The molecule has 0 unspecified atom stereocenters. The van der Waals surface area contributed by atoms with E-state index < -0.39 is 11.9 Å². The molecule has 0 N–H and O–H groups in total. The van der Waals surface area contributed by atoms with Crippen LogP contribution in [0, 0.1) is 0 Å². The molecule has 0 saturated heterocycles. The van der Waals surface area contributed by atoms with Crippen LogP contribution in [0.1, 0.15) is 30.0 Å². The van der Waals surface area contributed by atoms with Gasteiger partial charge in [-0.15, -0.1) is 0 Å². The van der Waals surface area contributed by atoms with Crippen LogP contribution in [0.15, 0.2) is 16.7 Å². The number of hydrogen-bond donors (Lipinski definition) is 0. The van der Waals surface area contributed by atoms with Crippen LogP contribution in [-0.2, 0) is 20.9 Å². The molecule has 0 spiro atoms. The Morgan fingerprint density at radius 2 is 2.13 bits per heavy atom. The number of carbonyl (C=O) groups excluding carboxylic acids is 2. The van der Waals surface area contributed by atoms with Crippen molar-refractivity contribution in [3.63, 3.8) is 0 Å². The van der Waals surface area contributed by atoms with E-state index >= 15 is 0 Å². The minimum atomic E-state index is -0.478. The molecule has 1 aromatic rings. The topological polar surface area (TPSA) is 65.7 Å². The molecule has 0 aliphatic rings. The lowest BCUT2D eigenvalue weighted by Crippen LogP contribution is -2.07. The Bertz CT molecular complexity index is 352. The summed E-state index contributed by atoms with van der Waals surface area (Å²) in [6.45, 7) is 3.23. The molecule has 0 aliphatic heterocycles. The van der Waals surface area contributed by atoms with Crippen molar-refractivity contribution in [3.05, 3.63) is 23.7 Å². The summed E-state index contributed by atoms with van der Waals surface area (Å²) in [4.78, 5) is 21.9. The molecular formula is C10H12O5. The number of rotatable bonds is 4. The highest BCUT2D eigenvalue weighted by atomic mass is 16.5. The van der Waals surface area contributed by atoms with Crippen LogP contribution in [0.3, 0.4) is 0 Å². The number of ether oxygens (including phenoxy) is 2. The highest BCUT2D eigenvalue weighted by Crippen LogP contribution is 2.13. The summed E-state index contributed by atoms with van der Waals surface area (Å²) < 4.78 is 14.5. The Balaban J connectivity index is 2.68. The third-order valence-electron chi connectivity index (χ3n) is 1.65. The van der Waals surface area contributed by atoms with Crippen LogP contribution >= 0.6 is 0 Å². The Kier molecular flexibility index (Phi) is 3.91. The van der Waals surface area contributed by atoms with Crippen LogP contribution in [-0.4, -0.2) is 18.5 Å². The molecule has 1 rings (SSSR count). The lowest BCUT2D eigenvalue weighted by atomic mass is 10.2. The van der Waals surface area contributed by atoms with Gasteiger partial charge in [0.25, 0.3) is 0 Å². The summed E-state index contributed by atoms with van der Waals surface area (Å²) in [5.41, 5.74) is 0.290. The van der Waals surface area contributed by atoms with Crippen molar-refractivity contribution in [1.29, 1.82) is 0 Å². The van der Waals surface area contributed by atoms with E-state index in [2.05, 4.69) is 0 Å². The zero-order valence-electron chi connectivity index (χ0n) is 8.61. The van der Waals surface area contributed by atoms with Gasteiger partial charge in [0.15, 0.2) is 5.76 Å². The lowest BCUT2D eigenvalue weighted by molar-refractivity contribution is -0.142. The van der Waals surface area contributed by atoms with E-state index in [0.29, 0.717) is 5.76 Å². The van der Waals surface area contributed by atoms with Crippen molar-refractivity contribution < 1.29 is 23.5 Å². The van der Waals surface area contributed by atoms with E-state index in [1.165, 1.54) is 19.3 Å². The number of carbonyl (C=O) groups is 2. The van der Waals surface area contributed by atoms with Gasteiger partial charge in [-0.05, 0) is 13.0 Å². The van der Waals surface area contributed by atoms with Crippen molar-refractivity contribution in [3.8, 4) is 0 Å². The molecule has 1 heterocycles. The normalized spacial score (nSPS) is 9.73. The largest absolute Gasteiger partial charge is 0.465 e. The quantitative estimate of drug-likeness (QED) is 0.708. The second-order valence-electron chi connectivity index (χ2n) is 2.76. The van der Waals surface area contributed by atoms with Crippen LogP contribution < -0.4 is 0 Å². The maximum absolute atomic E-state index is 11.3. The molecule has 0 aliphatic carbocycles. The Labute approximate surface area is 87.0 Å². The summed E-state index contributed by atoms with van der Waals surface area (Å²) in [5, 5.41) is 0. The highest BCUT2D eigenvalue weighted by molar-refractivity contribution is 5.90. The Morgan fingerprint density at radius 3 is 2.73 bits per heavy atom. The predicted octanol–water partition coefficient (Wildman–Crippen LogP) is 1.52. The molecule has 0 fully saturated rings. The Hall–Kier alpha value is -1.78. The van der Waals surface area contributed by atoms with Crippen molar-refractivity contribution in [1.82, 2.24) is 0 Å². The number of hydrogen-bond acceptors (Lipinski definition) is 5. The van der Waals surface area contributed by atoms with Gasteiger partial charge < -0.3 is 13.9 Å². The van der Waals surface area contributed by atoms with E-state index in [4.69, 9.17) is 13.9 Å². The van der Waals surface area contributed by atoms with Gasteiger partial charge in [-0.3, -0.25) is 4.79 Å². The van der Waals surface area contributed by atoms with E-state index in [9.17, 15) is 9.59 Å². The average Bonchev–Trinajstić information content (AvgIpc) is 2.62. The van der Waals surface area contributed by atoms with Gasteiger partial charge in [-0.1, -0.05) is 0 Å². The second kappa shape index (κ2) is 5.19. The van der Waals surface area contributed by atoms with E-state index in [1.54, 1.807) is 6.92 Å². The van der Waals surface area contributed by atoms with Gasteiger partial charge in [0.1, 0.15) is 12.2 Å². The molecule has 0 atom stereocenters. The van der Waals surface area contributed by atoms with Gasteiger partial charge >= 0.3 is 11.9 Å². The first kappa shape index (κ1) is 11.3. The third-order valence-corrected chi connectivity index (χ3v) is 1.65. The van der Waals surface area contributed by atoms with E-state index in [0.717, 1.165) is 0 Å². The van der Waals surface area contributed by atoms with Crippen LogP contribution in [0.4, 0.5) is 0 Å². The summed E-state index contributed by atoms with van der Waals surface area (Å²) in [5.74, 6) is -0.613. The molecule has 1 aromatic heterocycles. The first-order valence-corrected chi connectivity index (χ1v) is 4.52. The fourth-order valence-electron chi connectivity index (χ4n) is 1.01. The number of esters is 2. The van der Waals surface area contributed by atoms with Crippen molar-refractivity contribution in [2.75, 3.05) is 6.61 Å². The summed E-state index contributed by atoms with van der Waals surface area (Å²) in [6.07, 6.45) is 1.35. The van der Waals surface area contributed by atoms with Crippen molar-refractivity contribution >= 4 is 11.9 Å². The lowest BCUT2D eigenvalue weighted by Gasteiger charge is -2.02. The molecule has 5 nitrogen and oxygen atoms in total.